The Bertz CT molecular complexity index is 344. The smallest absolute Gasteiger partial charge is 0.198 e. The van der Waals surface area contributed by atoms with Gasteiger partial charge in [-0.05, 0) is 25.7 Å². The first-order chi connectivity index (χ1) is 9.52. The molecule has 0 unspecified atom stereocenters. The van der Waals surface area contributed by atoms with Crippen molar-refractivity contribution in [3.05, 3.63) is 0 Å². The summed E-state index contributed by atoms with van der Waals surface area (Å²) >= 11 is 0. The number of hydrogen-bond donors (Lipinski definition) is 0. The summed E-state index contributed by atoms with van der Waals surface area (Å²) in [6, 6.07) is 0. The Morgan fingerprint density at radius 1 is 0.500 bits per heavy atom. The Morgan fingerprint density at radius 3 is 1.20 bits per heavy atom. The van der Waals surface area contributed by atoms with Gasteiger partial charge in [0.2, 0.25) is 0 Å². The van der Waals surface area contributed by atoms with E-state index in [-0.39, 0.29) is 36.0 Å². The zero-order chi connectivity index (χ0) is 15.4. The summed E-state index contributed by atoms with van der Waals surface area (Å²) in [5, 5.41) is 0. The number of hydrogen-bond acceptors (Lipinski definition) is 4. The van der Waals surface area contributed by atoms with Gasteiger partial charge in [0.25, 0.3) is 0 Å². The van der Waals surface area contributed by atoms with Crippen LogP contribution in [0, 0.1) is 0 Å². The lowest BCUT2D eigenvalue weighted by molar-refractivity contribution is -0.137. The van der Waals surface area contributed by atoms with Crippen LogP contribution in [0.4, 0.5) is 0 Å². The number of carbonyl (C=O) groups is 4. The zero-order valence-electron chi connectivity index (χ0n) is 12.7. The molecule has 4 heteroatoms. The Kier molecular flexibility index (Phi) is 10.7. The molecular formula is C16H26O4. The van der Waals surface area contributed by atoms with E-state index in [4.69, 9.17) is 0 Å². The van der Waals surface area contributed by atoms with E-state index in [2.05, 4.69) is 0 Å². The van der Waals surface area contributed by atoms with Gasteiger partial charge in [-0.2, -0.15) is 0 Å². The lowest BCUT2D eigenvalue weighted by atomic mass is 10.0. The zero-order valence-corrected chi connectivity index (χ0v) is 12.7. The van der Waals surface area contributed by atoms with Crippen LogP contribution < -0.4 is 0 Å². The highest BCUT2D eigenvalue weighted by Crippen LogP contribution is 2.07. The van der Waals surface area contributed by atoms with Crippen LogP contribution in [0.25, 0.3) is 0 Å². The lowest BCUT2D eigenvalue weighted by Gasteiger charge is -2.01. The minimum atomic E-state index is -0.353. The van der Waals surface area contributed by atoms with Crippen molar-refractivity contribution in [3.63, 3.8) is 0 Å². The van der Waals surface area contributed by atoms with Crippen molar-refractivity contribution in [2.24, 2.45) is 0 Å². The molecule has 4 nitrogen and oxygen atoms in total. The molecule has 0 spiro atoms. The average molecular weight is 282 g/mol. The maximum atomic E-state index is 11.5. The van der Waals surface area contributed by atoms with Crippen molar-refractivity contribution in [3.8, 4) is 0 Å². The maximum absolute atomic E-state index is 11.5. The van der Waals surface area contributed by atoms with Gasteiger partial charge in [-0.3, -0.25) is 19.2 Å². The van der Waals surface area contributed by atoms with E-state index in [1.165, 1.54) is 0 Å². The van der Waals surface area contributed by atoms with E-state index >= 15 is 0 Å². The van der Waals surface area contributed by atoms with Crippen molar-refractivity contribution in [2.45, 2.75) is 78.1 Å². The van der Waals surface area contributed by atoms with E-state index in [9.17, 15) is 19.2 Å². The molecule has 20 heavy (non-hydrogen) atoms. The summed E-state index contributed by atoms with van der Waals surface area (Å²) in [6.07, 6.45) is 5.46. The topological polar surface area (TPSA) is 68.3 Å². The molecule has 0 aromatic rings. The van der Waals surface area contributed by atoms with E-state index < -0.39 is 0 Å². The van der Waals surface area contributed by atoms with Gasteiger partial charge >= 0.3 is 0 Å². The molecule has 0 aromatic carbocycles. The van der Waals surface area contributed by atoms with E-state index in [1.807, 2.05) is 13.8 Å². The predicted octanol–water partition coefficient (Wildman–Crippen LogP) is 3.20. The molecule has 0 aromatic heterocycles. The van der Waals surface area contributed by atoms with Crippen molar-refractivity contribution in [1.82, 2.24) is 0 Å². The third-order valence-corrected chi connectivity index (χ3v) is 3.16. The van der Waals surface area contributed by atoms with E-state index in [1.54, 1.807) is 0 Å². The van der Waals surface area contributed by atoms with Crippen molar-refractivity contribution < 1.29 is 19.2 Å². The summed E-state index contributed by atoms with van der Waals surface area (Å²) < 4.78 is 0. The summed E-state index contributed by atoms with van der Waals surface area (Å²) in [5.41, 5.74) is 0. The summed E-state index contributed by atoms with van der Waals surface area (Å²) in [6.45, 7) is 3.90. The minimum Gasteiger partial charge on any atom is -0.291 e. The molecule has 0 N–H and O–H groups in total. The Hall–Kier alpha value is -1.32. The molecule has 0 saturated carbocycles. The molecule has 0 atom stereocenters. The highest BCUT2D eigenvalue weighted by Gasteiger charge is 2.14. The van der Waals surface area contributed by atoms with Crippen LogP contribution >= 0.6 is 0 Å². The van der Waals surface area contributed by atoms with Crippen LogP contribution in [-0.4, -0.2) is 23.1 Å². The molecule has 0 radical (unpaired) electrons. The fourth-order valence-electron chi connectivity index (χ4n) is 1.89. The Labute approximate surface area is 121 Å². The summed E-state index contributed by atoms with van der Waals surface area (Å²) in [4.78, 5) is 45.6. The molecule has 114 valence electrons. The SMILES string of the molecule is CCCCCC(=O)C(=O)CCCCC(=O)C(=O)CCC. The Morgan fingerprint density at radius 2 is 0.850 bits per heavy atom. The van der Waals surface area contributed by atoms with Gasteiger partial charge in [0.05, 0.1) is 0 Å². The largest absolute Gasteiger partial charge is 0.291 e. The third kappa shape index (κ3) is 8.73. The van der Waals surface area contributed by atoms with Crippen LogP contribution in [0.15, 0.2) is 0 Å². The highest BCUT2D eigenvalue weighted by atomic mass is 16.2. The van der Waals surface area contributed by atoms with Gasteiger partial charge in [0.1, 0.15) is 0 Å². The molecule has 0 amide bonds. The summed E-state index contributed by atoms with van der Waals surface area (Å²) in [7, 11) is 0. The van der Waals surface area contributed by atoms with Crippen molar-refractivity contribution in [1.29, 1.82) is 0 Å². The van der Waals surface area contributed by atoms with Crippen LogP contribution in [-0.2, 0) is 19.2 Å². The quantitative estimate of drug-likeness (QED) is 0.384. The van der Waals surface area contributed by atoms with Crippen LogP contribution in [0.3, 0.4) is 0 Å². The first-order valence-electron chi connectivity index (χ1n) is 7.64. The summed E-state index contributed by atoms with van der Waals surface area (Å²) in [5.74, 6) is -1.32. The third-order valence-electron chi connectivity index (χ3n) is 3.16. The second kappa shape index (κ2) is 11.5. The van der Waals surface area contributed by atoms with Crippen LogP contribution in [0.5, 0.6) is 0 Å². The molecule has 0 heterocycles. The van der Waals surface area contributed by atoms with Crippen molar-refractivity contribution in [2.75, 3.05) is 0 Å². The van der Waals surface area contributed by atoms with Crippen LogP contribution in [0.2, 0.25) is 0 Å². The monoisotopic (exact) mass is 282 g/mol. The number of rotatable bonds is 13. The van der Waals surface area contributed by atoms with E-state index in [0.717, 1.165) is 19.3 Å². The molecule has 0 aliphatic heterocycles. The van der Waals surface area contributed by atoms with Crippen molar-refractivity contribution >= 4 is 23.1 Å². The Balaban J connectivity index is 3.73. The molecule has 0 bridgehead atoms. The van der Waals surface area contributed by atoms with Crippen LogP contribution in [0.1, 0.15) is 78.1 Å². The maximum Gasteiger partial charge on any atom is 0.198 e. The molecule has 0 aliphatic carbocycles. The second-order valence-electron chi connectivity index (χ2n) is 5.11. The number of carbonyl (C=O) groups excluding carboxylic acids is 4. The number of ketones is 4. The predicted molar refractivity (Wildman–Crippen MR) is 77.5 cm³/mol. The minimum absolute atomic E-state index is 0.191. The fourth-order valence-corrected chi connectivity index (χ4v) is 1.89. The number of Topliss-reactive ketones (excluding diaryl/α,β-unsaturated/α-hetero) is 4. The van der Waals surface area contributed by atoms with Gasteiger partial charge in [-0.15, -0.1) is 0 Å². The molecule has 0 fully saturated rings. The van der Waals surface area contributed by atoms with Gasteiger partial charge in [0.15, 0.2) is 23.1 Å². The molecule has 0 rings (SSSR count). The molecular weight excluding hydrogens is 256 g/mol. The van der Waals surface area contributed by atoms with Gasteiger partial charge in [-0.25, -0.2) is 0 Å². The molecule has 0 aliphatic rings. The standard InChI is InChI=1S/C16H26O4/c1-3-5-6-10-15(19)16(20)12-8-7-11-14(18)13(17)9-4-2/h3-12H2,1-2H3. The van der Waals surface area contributed by atoms with Gasteiger partial charge < -0.3 is 0 Å². The normalized spacial score (nSPS) is 10.3. The molecule has 0 saturated heterocycles. The first kappa shape index (κ1) is 18.7. The van der Waals surface area contributed by atoms with Gasteiger partial charge in [-0.1, -0.05) is 26.7 Å². The van der Waals surface area contributed by atoms with Gasteiger partial charge in [0, 0.05) is 25.7 Å². The average Bonchev–Trinajstić information content (AvgIpc) is 2.43. The second-order valence-corrected chi connectivity index (χ2v) is 5.11. The number of unbranched alkanes of at least 4 members (excludes halogenated alkanes) is 3. The fraction of sp³-hybridized carbons (Fsp3) is 0.750. The highest BCUT2D eigenvalue weighted by molar-refractivity contribution is 6.37. The first-order valence-corrected chi connectivity index (χ1v) is 7.64. The van der Waals surface area contributed by atoms with E-state index in [0.29, 0.717) is 32.1 Å². The lowest BCUT2D eigenvalue weighted by Crippen LogP contribution is -2.15.